The molecule has 15 heavy (non-hydrogen) atoms. The van der Waals surface area contributed by atoms with E-state index in [1.54, 1.807) is 24.3 Å². The second-order valence-electron chi connectivity index (χ2n) is 2.94. The van der Waals surface area contributed by atoms with Gasteiger partial charge in [-0.1, -0.05) is 35.5 Å². The minimum Gasteiger partial charge on any atom is -0.477 e. The molecule has 1 aromatic carbocycles. The summed E-state index contributed by atoms with van der Waals surface area (Å²) in [5.41, 5.74) is 5.94. The van der Waals surface area contributed by atoms with Crippen LogP contribution in [0.4, 0.5) is 5.82 Å². The Labute approximate surface area is 85.1 Å². The van der Waals surface area contributed by atoms with E-state index in [1.165, 1.54) is 0 Å². The van der Waals surface area contributed by atoms with Crippen LogP contribution in [0.5, 0.6) is 0 Å². The number of carbonyl (C=O) groups is 1. The minimum absolute atomic E-state index is 0.0961. The first-order valence-electron chi connectivity index (χ1n) is 4.24. The number of rotatable bonds is 2. The van der Waals surface area contributed by atoms with Crippen molar-refractivity contribution in [3.63, 3.8) is 0 Å². The number of nitrogens with zero attached hydrogens (tertiary/aromatic N) is 1. The van der Waals surface area contributed by atoms with Crippen molar-refractivity contribution >= 4 is 11.8 Å². The second-order valence-corrected chi connectivity index (χ2v) is 2.94. The molecule has 0 aliphatic heterocycles. The molecule has 0 amide bonds. The average Bonchev–Trinajstić information content (AvgIpc) is 2.61. The van der Waals surface area contributed by atoms with E-state index < -0.39 is 5.97 Å². The third-order valence-electron chi connectivity index (χ3n) is 1.97. The molecule has 2 aromatic rings. The third-order valence-corrected chi connectivity index (χ3v) is 1.97. The zero-order valence-electron chi connectivity index (χ0n) is 7.68. The molecule has 0 bridgehead atoms. The van der Waals surface area contributed by atoms with Crippen LogP contribution in [0.2, 0.25) is 0 Å². The van der Waals surface area contributed by atoms with Crippen LogP contribution >= 0.6 is 0 Å². The van der Waals surface area contributed by atoms with Crippen molar-refractivity contribution in [2.24, 2.45) is 0 Å². The highest BCUT2D eigenvalue weighted by Gasteiger charge is 2.21. The molecule has 0 radical (unpaired) electrons. The predicted octanol–water partition coefficient (Wildman–Crippen LogP) is 1.62. The summed E-state index contributed by atoms with van der Waals surface area (Å²) in [6.45, 7) is 0. The molecule has 3 N–H and O–H groups in total. The zero-order chi connectivity index (χ0) is 10.8. The van der Waals surface area contributed by atoms with Gasteiger partial charge in [-0.3, -0.25) is 0 Å². The maximum Gasteiger partial charge on any atom is 0.343 e. The predicted molar refractivity (Wildman–Crippen MR) is 53.3 cm³/mol. The highest BCUT2D eigenvalue weighted by atomic mass is 16.5. The molecule has 0 spiro atoms. The Morgan fingerprint density at radius 3 is 2.60 bits per heavy atom. The molecule has 0 fully saturated rings. The average molecular weight is 204 g/mol. The summed E-state index contributed by atoms with van der Waals surface area (Å²) in [5.74, 6) is -1.07. The van der Waals surface area contributed by atoms with Crippen LogP contribution in [0.25, 0.3) is 11.3 Å². The van der Waals surface area contributed by atoms with Crippen LogP contribution < -0.4 is 5.73 Å². The Balaban J connectivity index is 2.59. The monoisotopic (exact) mass is 204 g/mol. The van der Waals surface area contributed by atoms with Crippen LogP contribution in [0.1, 0.15) is 10.4 Å². The maximum absolute atomic E-state index is 10.9. The number of hydrogen-bond acceptors (Lipinski definition) is 4. The van der Waals surface area contributed by atoms with Crippen molar-refractivity contribution in [1.29, 1.82) is 0 Å². The summed E-state index contributed by atoms with van der Waals surface area (Å²) in [7, 11) is 0. The van der Waals surface area contributed by atoms with Crippen LogP contribution in [0.3, 0.4) is 0 Å². The Kier molecular flexibility index (Phi) is 2.13. The Bertz CT molecular complexity index is 491. The molecule has 0 aliphatic rings. The van der Waals surface area contributed by atoms with Gasteiger partial charge in [0.15, 0.2) is 17.1 Å². The van der Waals surface area contributed by atoms with E-state index >= 15 is 0 Å². The first kappa shape index (κ1) is 9.26. The molecule has 0 aliphatic carbocycles. The largest absolute Gasteiger partial charge is 0.477 e. The molecule has 5 nitrogen and oxygen atoms in total. The first-order chi connectivity index (χ1) is 7.20. The SMILES string of the molecule is Nc1noc(-c2ccccc2)c1C(=O)O. The van der Waals surface area contributed by atoms with Crippen LogP contribution in [-0.2, 0) is 0 Å². The molecule has 0 atom stereocenters. The van der Waals surface area contributed by atoms with Crippen molar-refractivity contribution < 1.29 is 14.4 Å². The summed E-state index contributed by atoms with van der Waals surface area (Å²) < 4.78 is 4.89. The van der Waals surface area contributed by atoms with E-state index in [0.717, 1.165) is 0 Å². The van der Waals surface area contributed by atoms with Crippen LogP contribution in [0, 0.1) is 0 Å². The number of carboxylic acids is 1. The summed E-state index contributed by atoms with van der Waals surface area (Å²) in [6.07, 6.45) is 0. The van der Waals surface area contributed by atoms with Gasteiger partial charge in [0.05, 0.1) is 0 Å². The van der Waals surface area contributed by atoms with Crippen LogP contribution in [0.15, 0.2) is 34.9 Å². The molecule has 1 aromatic heterocycles. The molecule has 76 valence electrons. The molecule has 0 unspecified atom stereocenters. The quantitative estimate of drug-likeness (QED) is 0.775. The summed E-state index contributed by atoms with van der Waals surface area (Å²) in [4.78, 5) is 10.9. The third kappa shape index (κ3) is 1.54. The van der Waals surface area contributed by atoms with Crippen molar-refractivity contribution in [3.05, 3.63) is 35.9 Å². The smallest absolute Gasteiger partial charge is 0.343 e. The van der Waals surface area contributed by atoms with Gasteiger partial charge in [-0.15, -0.1) is 0 Å². The lowest BCUT2D eigenvalue weighted by Gasteiger charge is -1.96. The van der Waals surface area contributed by atoms with E-state index in [-0.39, 0.29) is 17.1 Å². The molecule has 0 saturated carbocycles. The van der Waals surface area contributed by atoms with E-state index in [9.17, 15) is 4.79 Å². The van der Waals surface area contributed by atoms with Crippen molar-refractivity contribution in [2.75, 3.05) is 5.73 Å². The summed E-state index contributed by atoms with van der Waals surface area (Å²) in [5, 5.41) is 12.4. The summed E-state index contributed by atoms with van der Waals surface area (Å²) >= 11 is 0. The Morgan fingerprint density at radius 2 is 2.00 bits per heavy atom. The number of carboxylic acid groups (broad SMARTS) is 1. The molecular formula is C10H8N2O3. The van der Waals surface area contributed by atoms with Crippen LogP contribution in [-0.4, -0.2) is 16.2 Å². The van der Waals surface area contributed by atoms with Gasteiger partial charge in [-0.2, -0.15) is 0 Å². The Morgan fingerprint density at radius 1 is 1.33 bits per heavy atom. The van der Waals surface area contributed by atoms with Gasteiger partial charge in [0, 0.05) is 5.56 Å². The van der Waals surface area contributed by atoms with Crippen molar-refractivity contribution in [3.8, 4) is 11.3 Å². The first-order valence-corrected chi connectivity index (χ1v) is 4.24. The number of hydrogen-bond donors (Lipinski definition) is 2. The number of anilines is 1. The Hall–Kier alpha value is -2.30. The summed E-state index contributed by atoms with van der Waals surface area (Å²) in [6, 6.07) is 8.84. The normalized spacial score (nSPS) is 10.1. The van der Waals surface area contributed by atoms with Gasteiger partial charge >= 0.3 is 5.97 Å². The lowest BCUT2D eigenvalue weighted by Crippen LogP contribution is -2.01. The lowest BCUT2D eigenvalue weighted by molar-refractivity contribution is 0.0698. The minimum atomic E-state index is -1.15. The van der Waals surface area contributed by atoms with Gasteiger partial charge in [-0.25, -0.2) is 4.79 Å². The van der Waals surface area contributed by atoms with E-state index in [1.807, 2.05) is 6.07 Å². The van der Waals surface area contributed by atoms with Crippen molar-refractivity contribution in [2.45, 2.75) is 0 Å². The standard InChI is InChI=1S/C10H8N2O3/c11-9-7(10(13)14)8(15-12-9)6-4-2-1-3-5-6/h1-5H,(H2,11,12)(H,13,14). The topological polar surface area (TPSA) is 89.4 Å². The fourth-order valence-corrected chi connectivity index (χ4v) is 1.30. The lowest BCUT2D eigenvalue weighted by atomic mass is 10.1. The molecule has 0 saturated heterocycles. The number of nitrogens with two attached hydrogens (primary N) is 1. The van der Waals surface area contributed by atoms with E-state index in [0.29, 0.717) is 5.56 Å². The van der Waals surface area contributed by atoms with Gasteiger partial charge < -0.3 is 15.4 Å². The van der Waals surface area contributed by atoms with E-state index in [4.69, 9.17) is 15.4 Å². The maximum atomic E-state index is 10.9. The number of aromatic carboxylic acids is 1. The number of nitrogen functional groups attached to an aromatic ring is 1. The second kappa shape index (κ2) is 3.45. The zero-order valence-corrected chi connectivity index (χ0v) is 7.68. The van der Waals surface area contributed by atoms with Gasteiger partial charge in [0.2, 0.25) is 0 Å². The fourth-order valence-electron chi connectivity index (χ4n) is 1.30. The van der Waals surface area contributed by atoms with Gasteiger partial charge in [-0.05, 0) is 0 Å². The molecule has 5 heteroatoms. The highest BCUT2D eigenvalue weighted by Crippen LogP contribution is 2.27. The molecule has 2 rings (SSSR count). The number of benzene rings is 1. The van der Waals surface area contributed by atoms with E-state index in [2.05, 4.69) is 5.16 Å². The highest BCUT2D eigenvalue weighted by molar-refractivity contribution is 5.98. The van der Waals surface area contributed by atoms with Gasteiger partial charge in [0.25, 0.3) is 0 Å². The molecular weight excluding hydrogens is 196 g/mol. The fraction of sp³-hybridized carbons (Fsp3) is 0. The number of aromatic nitrogens is 1. The van der Waals surface area contributed by atoms with Gasteiger partial charge in [0.1, 0.15) is 0 Å². The van der Waals surface area contributed by atoms with Crippen molar-refractivity contribution in [1.82, 2.24) is 5.16 Å². The molecule has 1 heterocycles.